The molecule has 202 valence electrons. The molecule has 1 aliphatic rings. The molecule has 5 aromatic rings. The van der Waals surface area contributed by atoms with Gasteiger partial charge in [-0.2, -0.15) is 0 Å². The summed E-state index contributed by atoms with van der Waals surface area (Å²) in [6, 6.07) is 17.2. The van der Waals surface area contributed by atoms with Crippen LogP contribution in [0.1, 0.15) is 21.7 Å². The van der Waals surface area contributed by atoms with Crippen LogP contribution in [-0.2, 0) is 13.6 Å². The number of aliphatic hydroxyl groups excluding tert-OH is 1. The molecule has 2 N–H and O–H groups in total. The van der Waals surface area contributed by atoms with E-state index in [-0.39, 0.29) is 18.3 Å². The van der Waals surface area contributed by atoms with E-state index >= 15 is 0 Å². The monoisotopic (exact) mass is 536 g/mol. The van der Waals surface area contributed by atoms with Crippen LogP contribution in [0.4, 0.5) is 28.4 Å². The molecule has 0 spiro atoms. The van der Waals surface area contributed by atoms with Gasteiger partial charge in [0.05, 0.1) is 36.3 Å². The molecule has 0 aliphatic carbocycles. The highest BCUT2D eigenvalue weighted by Crippen LogP contribution is 2.45. The minimum atomic E-state index is -0.0892. The number of pyridine rings is 1. The van der Waals surface area contributed by atoms with Crippen LogP contribution < -0.4 is 14.4 Å². The van der Waals surface area contributed by atoms with E-state index in [2.05, 4.69) is 15.3 Å². The van der Waals surface area contributed by atoms with E-state index in [4.69, 9.17) is 0 Å². The fourth-order valence-electron chi connectivity index (χ4n) is 5.48. The van der Waals surface area contributed by atoms with Crippen molar-refractivity contribution >= 4 is 56.1 Å². The summed E-state index contributed by atoms with van der Waals surface area (Å²) in [5.74, 6) is -0.0990. The number of hydrogen-bond donors (Lipinski definition) is 2. The topological polar surface area (TPSA) is 110 Å². The van der Waals surface area contributed by atoms with E-state index in [0.717, 1.165) is 27.8 Å². The van der Waals surface area contributed by atoms with Gasteiger partial charge in [-0.15, -0.1) is 14.9 Å². The average Bonchev–Trinajstić information content (AvgIpc) is 3.43. The number of aliphatic hydroxyl groups is 1. The Morgan fingerprint density at radius 3 is 2.45 bits per heavy atom. The number of hydrogen-bond acceptors (Lipinski definition) is 7. The summed E-state index contributed by atoms with van der Waals surface area (Å²) in [6.45, 7) is 3.91. The van der Waals surface area contributed by atoms with E-state index < -0.39 is 0 Å². The number of nitrogens with zero attached hydrogens (tertiary/aromatic N) is 7. The molecule has 0 unspecified atom stereocenters. The van der Waals surface area contributed by atoms with Crippen molar-refractivity contribution in [2.24, 2.45) is 17.3 Å². The van der Waals surface area contributed by atoms with Crippen LogP contribution in [0.5, 0.6) is 5.75 Å². The molecule has 0 bridgehead atoms. The Morgan fingerprint density at radius 1 is 1.00 bits per heavy atom. The van der Waals surface area contributed by atoms with Crippen LogP contribution >= 0.6 is 0 Å². The third kappa shape index (κ3) is 3.71. The van der Waals surface area contributed by atoms with Gasteiger partial charge in [0.15, 0.2) is 11.4 Å². The highest BCUT2D eigenvalue weighted by atomic mass is 16.3. The molecule has 6 rings (SSSR count). The lowest BCUT2D eigenvalue weighted by Crippen LogP contribution is -2.35. The molecule has 0 saturated heterocycles. The Hall–Kier alpha value is -4.83. The number of fused-ring (bicyclic) bond motifs is 1. The quantitative estimate of drug-likeness (QED) is 0.232. The van der Waals surface area contributed by atoms with Crippen molar-refractivity contribution in [3.8, 4) is 5.75 Å². The molecule has 3 heterocycles. The zero-order valence-corrected chi connectivity index (χ0v) is 23.0. The summed E-state index contributed by atoms with van der Waals surface area (Å²) < 4.78 is 3.57. The van der Waals surface area contributed by atoms with Gasteiger partial charge in [-0.25, -0.2) is 4.57 Å². The zero-order valence-electron chi connectivity index (χ0n) is 23.0. The van der Waals surface area contributed by atoms with E-state index in [1.165, 1.54) is 0 Å². The summed E-state index contributed by atoms with van der Waals surface area (Å²) in [5, 5.41) is 36.4. The van der Waals surface area contributed by atoms with Crippen LogP contribution in [0.15, 0.2) is 64.8 Å². The highest BCUT2D eigenvalue weighted by Gasteiger charge is 2.32. The van der Waals surface area contributed by atoms with Crippen molar-refractivity contribution in [3.05, 3.63) is 71.5 Å². The lowest BCUT2D eigenvalue weighted by molar-refractivity contribution is -0.653. The zero-order chi connectivity index (χ0) is 28.3. The molecule has 0 radical (unpaired) electrons. The van der Waals surface area contributed by atoms with Crippen LogP contribution in [0.3, 0.4) is 0 Å². The molecule has 1 aliphatic heterocycles. The molecule has 0 atom stereocenters. The summed E-state index contributed by atoms with van der Waals surface area (Å²) in [4.78, 5) is 17.3. The molecular weight excluding hydrogens is 506 g/mol. The highest BCUT2D eigenvalue weighted by molar-refractivity contribution is 6.29. The molecule has 2 aromatic heterocycles. The van der Waals surface area contributed by atoms with Crippen molar-refractivity contribution in [2.75, 3.05) is 30.5 Å². The van der Waals surface area contributed by atoms with Gasteiger partial charge in [-0.1, -0.05) is 17.2 Å². The van der Waals surface area contributed by atoms with Gasteiger partial charge >= 0.3 is 5.65 Å². The number of aromatic nitrogens is 3. The lowest BCUT2D eigenvalue weighted by Gasteiger charge is -2.19. The SMILES string of the molecule is Cc1nn(CCO)c2c1c(O)c(N=Nc1ccc3c4c(cccc14)C(=O)N3c1ccc(N(C)C)cc1)c(C)[n+]2C. The van der Waals surface area contributed by atoms with E-state index in [1.807, 2.05) is 99.1 Å². The third-order valence-electron chi connectivity index (χ3n) is 7.59. The van der Waals surface area contributed by atoms with Crippen LogP contribution in [0, 0.1) is 13.8 Å². The fraction of sp³-hybridized carbons (Fsp3) is 0.233. The number of azo groups is 1. The number of carbonyl (C=O) groups is 1. The van der Waals surface area contributed by atoms with Gasteiger partial charge in [-0.3, -0.25) is 9.69 Å². The van der Waals surface area contributed by atoms with E-state index in [9.17, 15) is 15.0 Å². The maximum Gasteiger partial charge on any atom is 0.315 e. The van der Waals surface area contributed by atoms with E-state index in [1.54, 1.807) is 9.58 Å². The summed E-state index contributed by atoms with van der Waals surface area (Å²) in [7, 11) is 5.83. The van der Waals surface area contributed by atoms with Gasteiger partial charge < -0.3 is 15.1 Å². The molecule has 1 amide bonds. The molecule has 10 heteroatoms. The standard InChI is InChI=1S/C30H29N7O3/c1-17-25-28(39)27(18(2)35(5)29(25)36(33-17)15-16-38)32-31-23-13-14-24-26-21(23)7-6-8-22(26)30(40)37(24)20-11-9-19(10-12-20)34(3)4/h6-14,38H,15-16H2,1-5H3/p+1. The Labute approximate surface area is 231 Å². The van der Waals surface area contributed by atoms with Gasteiger partial charge in [0, 0.05) is 43.2 Å². The Balaban J connectivity index is 1.45. The van der Waals surface area contributed by atoms with Crippen molar-refractivity contribution in [1.29, 1.82) is 0 Å². The Morgan fingerprint density at radius 2 is 1.75 bits per heavy atom. The number of aryl methyl sites for hydroxylation is 2. The predicted molar refractivity (Wildman–Crippen MR) is 154 cm³/mol. The van der Waals surface area contributed by atoms with E-state index in [0.29, 0.717) is 45.9 Å². The number of amides is 1. The Bertz CT molecular complexity index is 1860. The van der Waals surface area contributed by atoms with Gasteiger partial charge in [0.2, 0.25) is 0 Å². The molecular formula is C30H30N7O3+. The second-order valence-electron chi connectivity index (χ2n) is 10.2. The number of anilines is 3. The first-order chi connectivity index (χ1) is 19.2. The van der Waals surface area contributed by atoms with Crippen LogP contribution in [0.25, 0.3) is 21.8 Å². The first-order valence-electron chi connectivity index (χ1n) is 13.0. The van der Waals surface area contributed by atoms with Gasteiger partial charge in [0.25, 0.3) is 5.91 Å². The van der Waals surface area contributed by atoms with Crippen molar-refractivity contribution in [1.82, 2.24) is 9.78 Å². The third-order valence-corrected chi connectivity index (χ3v) is 7.59. The molecule has 0 fully saturated rings. The molecule has 3 aromatic carbocycles. The number of rotatable bonds is 6. The molecule has 40 heavy (non-hydrogen) atoms. The lowest BCUT2D eigenvalue weighted by atomic mass is 10.0. The fourth-order valence-corrected chi connectivity index (χ4v) is 5.48. The minimum Gasteiger partial charge on any atom is -0.505 e. The van der Waals surface area contributed by atoms with Crippen LogP contribution in [-0.4, -0.2) is 46.6 Å². The average molecular weight is 537 g/mol. The van der Waals surface area contributed by atoms with Crippen molar-refractivity contribution in [3.63, 3.8) is 0 Å². The van der Waals surface area contributed by atoms with Crippen molar-refractivity contribution in [2.45, 2.75) is 20.4 Å². The number of aromatic hydroxyl groups is 1. The summed E-state index contributed by atoms with van der Waals surface area (Å²) >= 11 is 0. The second-order valence-corrected chi connectivity index (χ2v) is 10.2. The number of benzene rings is 3. The maximum absolute atomic E-state index is 13.5. The molecule has 0 saturated carbocycles. The minimum absolute atomic E-state index is 0.00973. The second kappa shape index (κ2) is 9.42. The normalized spacial score (nSPS) is 12.9. The van der Waals surface area contributed by atoms with Crippen LogP contribution in [0.2, 0.25) is 0 Å². The molecule has 10 nitrogen and oxygen atoms in total. The first kappa shape index (κ1) is 25.4. The van der Waals surface area contributed by atoms with Gasteiger partial charge in [-0.05, 0) is 49.4 Å². The van der Waals surface area contributed by atoms with Crippen molar-refractivity contribution < 1.29 is 19.6 Å². The first-order valence-corrected chi connectivity index (χ1v) is 13.0. The summed E-state index contributed by atoms with van der Waals surface area (Å²) in [6.07, 6.45) is 0. The Kier molecular flexibility index (Phi) is 5.99. The summed E-state index contributed by atoms with van der Waals surface area (Å²) in [5.41, 5.74) is 6.21. The van der Waals surface area contributed by atoms with Gasteiger partial charge in [0.1, 0.15) is 17.6 Å². The predicted octanol–water partition coefficient (Wildman–Crippen LogP) is 5.10. The number of carbonyl (C=O) groups excluding carboxylic acids is 1. The smallest absolute Gasteiger partial charge is 0.315 e. The largest absolute Gasteiger partial charge is 0.505 e. The maximum atomic E-state index is 13.5.